The first kappa shape index (κ1) is 13.2. The number of ether oxygens (including phenoxy) is 1. The Morgan fingerprint density at radius 2 is 2.25 bits per heavy atom. The zero-order chi connectivity index (χ0) is 13.9. The first-order valence-corrected chi connectivity index (χ1v) is 7.17. The molecule has 1 fully saturated rings. The molecule has 2 heterocycles. The Hall–Kier alpha value is -1.81. The molecule has 0 aliphatic carbocycles. The summed E-state index contributed by atoms with van der Waals surface area (Å²) in [5.74, 6) is 1.95. The minimum absolute atomic E-state index is 0.548. The largest absolute Gasteiger partial charge is 0.497 e. The SMILES string of the molecule is CNC1CCCN(c2nccc3ccc(OC)cc23)C1. The van der Waals surface area contributed by atoms with Crippen molar-refractivity contribution in [3.63, 3.8) is 0 Å². The van der Waals surface area contributed by atoms with Crippen molar-refractivity contribution in [2.24, 2.45) is 0 Å². The van der Waals surface area contributed by atoms with Gasteiger partial charge >= 0.3 is 0 Å². The van der Waals surface area contributed by atoms with Crippen LogP contribution in [0, 0.1) is 0 Å². The molecule has 0 spiro atoms. The van der Waals surface area contributed by atoms with Gasteiger partial charge in [-0.3, -0.25) is 0 Å². The van der Waals surface area contributed by atoms with Gasteiger partial charge in [-0.1, -0.05) is 6.07 Å². The molecule has 3 rings (SSSR count). The van der Waals surface area contributed by atoms with Crippen LogP contribution in [0.5, 0.6) is 5.75 Å². The second-order valence-electron chi connectivity index (χ2n) is 5.30. The van der Waals surface area contributed by atoms with Crippen LogP contribution in [-0.2, 0) is 0 Å². The lowest BCUT2D eigenvalue weighted by atomic mass is 10.0. The summed E-state index contributed by atoms with van der Waals surface area (Å²) in [7, 11) is 3.74. The third-order valence-corrected chi connectivity index (χ3v) is 4.08. The summed E-state index contributed by atoms with van der Waals surface area (Å²) >= 11 is 0. The van der Waals surface area contributed by atoms with E-state index in [9.17, 15) is 0 Å². The van der Waals surface area contributed by atoms with Gasteiger partial charge in [-0.2, -0.15) is 0 Å². The minimum Gasteiger partial charge on any atom is -0.497 e. The lowest BCUT2D eigenvalue weighted by Crippen LogP contribution is -2.44. The normalized spacial score (nSPS) is 19.3. The zero-order valence-corrected chi connectivity index (χ0v) is 12.1. The van der Waals surface area contributed by atoms with Crippen molar-refractivity contribution < 1.29 is 4.74 Å². The summed E-state index contributed by atoms with van der Waals surface area (Å²) in [5, 5.41) is 5.76. The van der Waals surface area contributed by atoms with Crippen molar-refractivity contribution in [1.29, 1.82) is 0 Å². The van der Waals surface area contributed by atoms with Gasteiger partial charge in [0.25, 0.3) is 0 Å². The number of hydrogen-bond donors (Lipinski definition) is 1. The van der Waals surface area contributed by atoms with Gasteiger partial charge in [0.15, 0.2) is 0 Å². The zero-order valence-electron chi connectivity index (χ0n) is 12.1. The summed E-state index contributed by atoms with van der Waals surface area (Å²) in [4.78, 5) is 7.00. The molecule has 4 heteroatoms. The molecule has 0 radical (unpaired) electrons. The van der Waals surface area contributed by atoms with Gasteiger partial charge in [-0.05, 0) is 43.5 Å². The van der Waals surface area contributed by atoms with Crippen LogP contribution in [-0.4, -0.2) is 38.3 Å². The van der Waals surface area contributed by atoms with E-state index >= 15 is 0 Å². The van der Waals surface area contributed by atoms with E-state index in [1.54, 1.807) is 7.11 Å². The fraction of sp³-hybridized carbons (Fsp3) is 0.438. The Morgan fingerprint density at radius 3 is 3.05 bits per heavy atom. The van der Waals surface area contributed by atoms with Crippen LogP contribution in [0.4, 0.5) is 5.82 Å². The van der Waals surface area contributed by atoms with Gasteiger partial charge in [-0.25, -0.2) is 4.98 Å². The van der Waals surface area contributed by atoms with E-state index in [1.165, 1.54) is 23.6 Å². The van der Waals surface area contributed by atoms with Crippen molar-refractivity contribution in [2.75, 3.05) is 32.1 Å². The Labute approximate surface area is 119 Å². The lowest BCUT2D eigenvalue weighted by molar-refractivity contribution is 0.415. The third kappa shape index (κ3) is 2.43. The molecule has 4 nitrogen and oxygen atoms in total. The molecular weight excluding hydrogens is 250 g/mol. The Bertz CT molecular complexity index is 599. The molecular formula is C16H21N3O. The monoisotopic (exact) mass is 271 g/mol. The number of fused-ring (bicyclic) bond motifs is 1. The predicted molar refractivity (Wildman–Crippen MR) is 82.6 cm³/mol. The van der Waals surface area contributed by atoms with Crippen LogP contribution in [0.25, 0.3) is 10.8 Å². The highest BCUT2D eigenvalue weighted by atomic mass is 16.5. The van der Waals surface area contributed by atoms with Crippen LogP contribution in [0.2, 0.25) is 0 Å². The summed E-state index contributed by atoms with van der Waals surface area (Å²) in [6, 6.07) is 8.78. The number of nitrogens with zero attached hydrogens (tertiary/aromatic N) is 2. The maximum atomic E-state index is 5.35. The summed E-state index contributed by atoms with van der Waals surface area (Å²) in [6.07, 6.45) is 4.34. The highest BCUT2D eigenvalue weighted by Gasteiger charge is 2.21. The molecule has 1 aliphatic rings. The van der Waals surface area contributed by atoms with Crippen molar-refractivity contribution >= 4 is 16.6 Å². The van der Waals surface area contributed by atoms with Crippen LogP contribution in [0.3, 0.4) is 0 Å². The molecule has 1 atom stereocenters. The van der Waals surface area contributed by atoms with E-state index in [4.69, 9.17) is 4.74 Å². The highest BCUT2D eigenvalue weighted by molar-refractivity contribution is 5.93. The number of aromatic nitrogens is 1. The second-order valence-corrected chi connectivity index (χ2v) is 5.30. The molecule has 1 N–H and O–H groups in total. The van der Waals surface area contributed by atoms with Gasteiger partial charge in [-0.15, -0.1) is 0 Å². The van der Waals surface area contributed by atoms with E-state index in [1.807, 2.05) is 19.3 Å². The average molecular weight is 271 g/mol. The van der Waals surface area contributed by atoms with Crippen molar-refractivity contribution in [2.45, 2.75) is 18.9 Å². The first-order valence-electron chi connectivity index (χ1n) is 7.17. The number of pyridine rings is 1. The van der Waals surface area contributed by atoms with E-state index in [0.717, 1.165) is 24.7 Å². The summed E-state index contributed by atoms with van der Waals surface area (Å²) in [5.41, 5.74) is 0. The summed E-state index contributed by atoms with van der Waals surface area (Å²) < 4.78 is 5.35. The molecule has 1 aromatic carbocycles. The minimum atomic E-state index is 0.548. The van der Waals surface area contributed by atoms with Gasteiger partial charge in [0, 0.05) is 30.7 Å². The maximum Gasteiger partial charge on any atom is 0.136 e. The summed E-state index contributed by atoms with van der Waals surface area (Å²) in [6.45, 7) is 2.08. The number of methoxy groups -OCH3 is 1. The Balaban J connectivity index is 2.01. The first-order chi connectivity index (χ1) is 9.81. The number of hydrogen-bond acceptors (Lipinski definition) is 4. The van der Waals surface area contributed by atoms with Gasteiger partial charge in [0.1, 0.15) is 11.6 Å². The van der Waals surface area contributed by atoms with E-state index < -0.39 is 0 Å². The van der Waals surface area contributed by atoms with Gasteiger partial charge in [0.05, 0.1) is 7.11 Å². The fourth-order valence-corrected chi connectivity index (χ4v) is 2.92. The maximum absolute atomic E-state index is 5.35. The molecule has 0 bridgehead atoms. The number of nitrogens with one attached hydrogen (secondary N) is 1. The van der Waals surface area contributed by atoms with Crippen LogP contribution in [0.1, 0.15) is 12.8 Å². The Kier molecular flexibility index (Phi) is 3.74. The molecule has 0 amide bonds. The second kappa shape index (κ2) is 5.67. The topological polar surface area (TPSA) is 37.4 Å². The number of likely N-dealkylation sites (N-methyl/N-ethyl adjacent to an activating group) is 1. The molecule has 20 heavy (non-hydrogen) atoms. The Morgan fingerprint density at radius 1 is 1.35 bits per heavy atom. The van der Waals surface area contributed by atoms with Crippen LogP contribution >= 0.6 is 0 Å². The highest BCUT2D eigenvalue weighted by Crippen LogP contribution is 2.29. The van der Waals surface area contributed by atoms with E-state index in [0.29, 0.717) is 6.04 Å². The molecule has 1 saturated heterocycles. The van der Waals surface area contributed by atoms with Crippen molar-refractivity contribution in [3.05, 3.63) is 30.5 Å². The van der Waals surface area contributed by atoms with Gasteiger partial charge < -0.3 is 15.0 Å². The van der Waals surface area contributed by atoms with Crippen molar-refractivity contribution in [1.82, 2.24) is 10.3 Å². The van der Waals surface area contributed by atoms with Crippen molar-refractivity contribution in [3.8, 4) is 5.75 Å². The molecule has 1 aliphatic heterocycles. The third-order valence-electron chi connectivity index (χ3n) is 4.08. The molecule has 0 saturated carbocycles. The molecule has 106 valence electrons. The number of anilines is 1. The standard InChI is InChI=1S/C16H21N3O/c1-17-13-4-3-9-19(11-13)16-15-10-14(20-2)6-5-12(15)7-8-18-16/h5-8,10,13,17H,3-4,9,11H2,1-2H3. The molecule has 2 aromatic rings. The number of piperidine rings is 1. The van der Waals surface area contributed by atoms with Gasteiger partial charge in [0.2, 0.25) is 0 Å². The predicted octanol–water partition coefficient (Wildman–Crippen LogP) is 2.43. The fourth-order valence-electron chi connectivity index (χ4n) is 2.92. The quantitative estimate of drug-likeness (QED) is 0.930. The molecule has 1 aromatic heterocycles. The lowest BCUT2D eigenvalue weighted by Gasteiger charge is -2.34. The number of benzene rings is 1. The molecule has 1 unspecified atom stereocenters. The average Bonchev–Trinajstić information content (AvgIpc) is 2.53. The number of rotatable bonds is 3. The van der Waals surface area contributed by atoms with E-state index in [-0.39, 0.29) is 0 Å². The van der Waals surface area contributed by atoms with Crippen LogP contribution in [0.15, 0.2) is 30.5 Å². The van der Waals surface area contributed by atoms with E-state index in [2.05, 4.69) is 33.4 Å². The van der Waals surface area contributed by atoms with Crippen LogP contribution < -0.4 is 15.0 Å². The smallest absolute Gasteiger partial charge is 0.136 e.